The Kier molecular flexibility index (Phi) is 2.05. The van der Waals surface area contributed by atoms with Crippen LogP contribution in [0.2, 0.25) is 0 Å². The highest BCUT2D eigenvalue weighted by atomic mass is 32.1. The molecule has 5 heteroatoms. The van der Waals surface area contributed by atoms with Gasteiger partial charge in [0.2, 0.25) is 0 Å². The molecule has 0 saturated carbocycles. The molecule has 0 spiro atoms. The van der Waals surface area contributed by atoms with E-state index in [1.807, 2.05) is 18.3 Å². The van der Waals surface area contributed by atoms with Crippen LogP contribution in [0.25, 0.3) is 16.3 Å². The van der Waals surface area contributed by atoms with Crippen LogP contribution in [0.15, 0.2) is 18.6 Å². The molecule has 0 atom stereocenters. The third kappa shape index (κ3) is 1.34. The lowest BCUT2D eigenvalue weighted by molar-refractivity contribution is 0.888. The van der Waals surface area contributed by atoms with Crippen LogP contribution < -0.4 is 0 Å². The van der Waals surface area contributed by atoms with E-state index in [4.69, 9.17) is 0 Å². The number of hydrogen-bond donors (Lipinski definition) is 0. The van der Waals surface area contributed by atoms with Crippen molar-refractivity contribution >= 4 is 16.3 Å². The minimum atomic E-state index is 0.889. The van der Waals surface area contributed by atoms with Crippen LogP contribution >= 0.6 is 11.3 Å². The van der Waals surface area contributed by atoms with Crippen LogP contribution in [-0.2, 0) is 12.8 Å². The molecular formula is C13H12N4S. The third-order valence-electron chi connectivity index (χ3n) is 3.44. The maximum atomic E-state index is 4.69. The average molecular weight is 256 g/mol. The van der Waals surface area contributed by atoms with Crippen molar-refractivity contribution < 1.29 is 0 Å². The van der Waals surface area contributed by atoms with Crippen LogP contribution in [0, 0.1) is 6.92 Å². The normalized spacial score (nSPS) is 14.3. The summed E-state index contributed by atoms with van der Waals surface area (Å²) < 4.78 is 2.23. The number of hydrogen-bond acceptors (Lipinski definition) is 4. The van der Waals surface area contributed by atoms with Crippen molar-refractivity contribution in [1.29, 1.82) is 0 Å². The standard InChI is InChI=1S/C13H12N4S/c1-8-12(15-6-5-14-8)9-7-17-10-3-2-4-11(10)18-13(17)16-9/h5-7H,2-4H2,1H3. The molecule has 0 radical (unpaired) electrons. The molecule has 18 heavy (non-hydrogen) atoms. The van der Waals surface area contributed by atoms with Crippen molar-refractivity contribution in [2.24, 2.45) is 0 Å². The second-order valence-electron chi connectivity index (χ2n) is 4.59. The molecule has 3 heterocycles. The quantitative estimate of drug-likeness (QED) is 0.672. The monoisotopic (exact) mass is 256 g/mol. The fourth-order valence-electron chi connectivity index (χ4n) is 2.58. The molecule has 0 unspecified atom stereocenters. The van der Waals surface area contributed by atoms with Gasteiger partial charge in [-0.1, -0.05) is 0 Å². The Balaban J connectivity index is 1.92. The van der Waals surface area contributed by atoms with E-state index < -0.39 is 0 Å². The van der Waals surface area contributed by atoms with Crippen LogP contribution in [0.4, 0.5) is 0 Å². The van der Waals surface area contributed by atoms with Gasteiger partial charge < -0.3 is 0 Å². The van der Waals surface area contributed by atoms with E-state index in [-0.39, 0.29) is 0 Å². The molecule has 0 fully saturated rings. The Morgan fingerprint density at radius 3 is 3.00 bits per heavy atom. The topological polar surface area (TPSA) is 43.1 Å². The first-order chi connectivity index (χ1) is 8.83. The summed E-state index contributed by atoms with van der Waals surface area (Å²) in [6.07, 6.45) is 9.20. The van der Waals surface area contributed by atoms with Gasteiger partial charge in [0.05, 0.1) is 5.69 Å². The second-order valence-corrected chi connectivity index (χ2v) is 5.66. The van der Waals surface area contributed by atoms with Crippen LogP contribution in [0.3, 0.4) is 0 Å². The van der Waals surface area contributed by atoms with Gasteiger partial charge in [0, 0.05) is 29.2 Å². The fourth-order valence-corrected chi connectivity index (χ4v) is 3.77. The molecule has 90 valence electrons. The Hall–Kier alpha value is -1.75. The molecule has 0 aliphatic heterocycles. The van der Waals surface area contributed by atoms with Gasteiger partial charge in [-0.05, 0) is 26.2 Å². The van der Waals surface area contributed by atoms with Gasteiger partial charge >= 0.3 is 0 Å². The predicted molar refractivity (Wildman–Crippen MR) is 70.9 cm³/mol. The van der Waals surface area contributed by atoms with Gasteiger partial charge in [-0.2, -0.15) is 0 Å². The zero-order chi connectivity index (χ0) is 12.1. The smallest absolute Gasteiger partial charge is 0.194 e. The Labute approximate surface area is 108 Å². The molecule has 0 amide bonds. The molecule has 4 rings (SSSR count). The number of aryl methyl sites for hydroxylation is 3. The molecule has 1 aliphatic rings. The van der Waals surface area contributed by atoms with Crippen molar-refractivity contribution in [3.63, 3.8) is 0 Å². The first-order valence-electron chi connectivity index (χ1n) is 6.10. The van der Waals surface area contributed by atoms with E-state index in [1.54, 1.807) is 12.4 Å². The third-order valence-corrected chi connectivity index (χ3v) is 4.60. The number of nitrogens with zero attached hydrogens (tertiary/aromatic N) is 4. The largest absolute Gasteiger partial charge is 0.294 e. The predicted octanol–water partition coefficient (Wildman–Crippen LogP) is 2.65. The van der Waals surface area contributed by atoms with Gasteiger partial charge in [-0.25, -0.2) is 4.98 Å². The number of imidazole rings is 1. The zero-order valence-electron chi connectivity index (χ0n) is 10.1. The molecule has 0 N–H and O–H groups in total. The van der Waals surface area contributed by atoms with E-state index in [9.17, 15) is 0 Å². The molecular weight excluding hydrogens is 244 g/mol. The molecule has 0 bridgehead atoms. The highest BCUT2D eigenvalue weighted by molar-refractivity contribution is 7.17. The molecule has 1 aliphatic carbocycles. The Morgan fingerprint density at radius 2 is 2.11 bits per heavy atom. The van der Waals surface area contributed by atoms with Crippen molar-refractivity contribution in [3.8, 4) is 11.4 Å². The van der Waals surface area contributed by atoms with Crippen LogP contribution in [0.5, 0.6) is 0 Å². The Bertz CT molecular complexity index is 741. The van der Waals surface area contributed by atoms with Gasteiger partial charge in [0.15, 0.2) is 4.96 Å². The number of rotatable bonds is 1. The van der Waals surface area contributed by atoms with Crippen molar-refractivity contribution in [3.05, 3.63) is 34.9 Å². The van der Waals surface area contributed by atoms with E-state index >= 15 is 0 Å². The highest BCUT2D eigenvalue weighted by Crippen LogP contribution is 2.32. The number of fused-ring (bicyclic) bond motifs is 3. The molecule has 4 nitrogen and oxygen atoms in total. The zero-order valence-corrected chi connectivity index (χ0v) is 10.9. The first kappa shape index (κ1) is 10.2. The molecule has 0 aromatic carbocycles. The summed E-state index contributed by atoms with van der Waals surface area (Å²) in [6, 6.07) is 0. The van der Waals surface area contributed by atoms with Crippen molar-refractivity contribution in [2.75, 3.05) is 0 Å². The summed E-state index contributed by atoms with van der Waals surface area (Å²) in [5.74, 6) is 0. The highest BCUT2D eigenvalue weighted by Gasteiger charge is 2.20. The fraction of sp³-hybridized carbons (Fsp3) is 0.308. The summed E-state index contributed by atoms with van der Waals surface area (Å²) in [5, 5.41) is 0. The van der Waals surface area contributed by atoms with Crippen molar-refractivity contribution in [1.82, 2.24) is 19.4 Å². The second kappa shape index (κ2) is 3.62. The minimum absolute atomic E-state index is 0.889. The van der Waals surface area contributed by atoms with Gasteiger partial charge in [-0.15, -0.1) is 11.3 Å². The summed E-state index contributed by atoms with van der Waals surface area (Å²) in [5.41, 5.74) is 4.19. The lowest BCUT2D eigenvalue weighted by atomic mass is 10.2. The summed E-state index contributed by atoms with van der Waals surface area (Å²) in [7, 11) is 0. The summed E-state index contributed by atoms with van der Waals surface area (Å²) >= 11 is 1.81. The lowest BCUT2D eigenvalue weighted by Crippen LogP contribution is -1.91. The maximum Gasteiger partial charge on any atom is 0.194 e. The Morgan fingerprint density at radius 1 is 1.22 bits per heavy atom. The lowest BCUT2D eigenvalue weighted by Gasteiger charge is -1.98. The minimum Gasteiger partial charge on any atom is -0.294 e. The summed E-state index contributed by atoms with van der Waals surface area (Å²) in [6.45, 7) is 1.97. The first-order valence-corrected chi connectivity index (χ1v) is 6.92. The number of thiazole rings is 1. The van der Waals surface area contributed by atoms with Gasteiger partial charge in [0.25, 0.3) is 0 Å². The van der Waals surface area contributed by atoms with Crippen molar-refractivity contribution in [2.45, 2.75) is 26.2 Å². The molecule has 3 aromatic heterocycles. The van der Waals surface area contributed by atoms with Crippen LogP contribution in [0.1, 0.15) is 22.7 Å². The average Bonchev–Trinajstić information content (AvgIpc) is 3.00. The van der Waals surface area contributed by atoms with E-state index in [0.29, 0.717) is 0 Å². The van der Waals surface area contributed by atoms with E-state index in [1.165, 1.54) is 29.8 Å². The van der Waals surface area contributed by atoms with Gasteiger partial charge in [0.1, 0.15) is 11.4 Å². The molecule has 3 aromatic rings. The number of aromatic nitrogens is 4. The SMILES string of the molecule is Cc1nccnc1-c1cn2c3c(sc2n1)CCC3. The van der Waals surface area contributed by atoms with E-state index in [2.05, 4.69) is 25.5 Å². The van der Waals surface area contributed by atoms with Crippen LogP contribution in [-0.4, -0.2) is 19.4 Å². The maximum absolute atomic E-state index is 4.69. The molecule has 0 saturated heterocycles. The van der Waals surface area contributed by atoms with Gasteiger partial charge in [-0.3, -0.25) is 14.4 Å². The van der Waals surface area contributed by atoms with E-state index in [0.717, 1.165) is 22.0 Å². The summed E-state index contributed by atoms with van der Waals surface area (Å²) in [4.78, 5) is 15.9.